The Labute approximate surface area is 147 Å². The van der Waals surface area contributed by atoms with Gasteiger partial charge >= 0.3 is 17.8 Å². The van der Waals surface area contributed by atoms with Crippen molar-refractivity contribution in [3.8, 4) is 0 Å². The third-order valence-electron chi connectivity index (χ3n) is 3.58. The van der Waals surface area contributed by atoms with E-state index in [1.807, 2.05) is 6.07 Å². The maximum Gasteiger partial charge on any atom is 0.433 e. The van der Waals surface area contributed by atoms with Crippen molar-refractivity contribution in [2.75, 3.05) is 12.3 Å². The quantitative estimate of drug-likeness (QED) is 0.233. The minimum atomic E-state index is -0.635. The number of imidazole rings is 1. The average molecular weight is 358 g/mol. The van der Waals surface area contributed by atoms with Crippen molar-refractivity contribution < 1.29 is 23.4 Å². The molecule has 10 heteroatoms. The number of hydrogen-bond acceptors (Lipinski definition) is 7. The van der Waals surface area contributed by atoms with Gasteiger partial charge in [0.05, 0.1) is 12.7 Å². The van der Waals surface area contributed by atoms with Gasteiger partial charge in [-0.05, 0) is 25.1 Å². The lowest BCUT2D eigenvalue weighted by molar-refractivity contribution is -0.645. The molecular formula is C16H16N5O5+. The fourth-order valence-electron chi connectivity index (χ4n) is 2.48. The van der Waals surface area contributed by atoms with E-state index in [2.05, 4.69) is 5.10 Å². The number of aromatic nitrogens is 2. The van der Waals surface area contributed by atoms with Crippen LogP contribution in [0.3, 0.4) is 0 Å². The summed E-state index contributed by atoms with van der Waals surface area (Å²) < 4.78 is 13.0. The number of carbonyl (C=O) groups is 1. The number of benzene rings is 1. The number of anilines is 1. The van der Waals surface area contributed by atoms with Crippen LogP contribution in [0.25, 0.3) is 11.0 Å². The Morgan fingerprint density at radius 3 is 2.88 bits per heavy atom. The topological polar surface area (TPSA) is 130 Å². The van der Waals surface area contributed by atoms with E-state index in [1.165, 1.54) is 23.0 Å². The minimum Gasteiger partial charge on any atom is -0.464 e. The molecule has 3 rings (SSSR count). The van der Waals surface area contributed by atoms with Crippen molar-refractivity contribution in [2.45, 2.75) is 13.5 Å². The van der Waals surface area contributed by atoms with Crippen LogP contribution < -0.4 is 10.3 Å². The lowest BCUT2D eigenvalue weighted by Gasteiger charge is -2.01. The summed E-state index contributed by atoms with van der Waals surface area (Å²) in [6.07, 6.45) is 1.31. The molecule has 2 N–H and O–H groups in total. The molecule has 1 aromatic carbocycles. The van der Waals surface area contributed by atoms with Gasteiger partial charge in [-0.25, -0.2) is 9.36 Å². The number of rotatable bonds is 6. The van der Waals surface area contributed by atoms with E-state index < -0.39 is 10.9 Å². The van der Waals surface area contributed by atoms with Crippen LogP contribution >= 0.6 is 0 Å². The van der Waals surface area contributed by atoms with Crippen molar-refractivity contribution in [3.05, 3.63) is 52.3 Å². The van der Waals surface area contributed by atoms with Crippen LogP contribution in [0.1, 0.15) is 12.7 Å². The van der Waals surface area contributed by atoms with Crippen molar-refractivity contribution in [2.24, 2.45) is 5.10 Å². The maximum absolute atomic E-state index is 11.8. The van der Waals surface area contributed by atoms with Gasteiger partial charge in [-0.15, -0.1) is 9.78 Å². The van der Waals surface area contributed by atoms with Crippen LogP contribution in [0.4, 0.5) is 11.8 Å². The zero-order valence-corrected chi connectivity index (χ0v) is 13.9. The summed E-state index contributed by atoms with van der Waals surface area (Å²) in [5.74, 6) is -0.394. The molecule has 0 amide bonds. The zero-order chi connectivity index (χ0) is 18.7. The van der Waals surface area contributed by atoms with E-state index in [9.17, 15) is 14.9 Å². The molecule has 2 aromatic heterocycles. The Hall–Kier alpha value is -3.69. The highest BCUT2D eigenvalue weighted by atomic mass is 16.6. The highest BCUT2D eigenvalue weighted by Gasteiger charge is 2.23. The molecule has 0 spiro atoms. The Balaban J connectivity index is 1.99. The number of esters is 1. The number of nitrogens with zero attached hydrogens (tertiary/aromatic N) is 4. The monoisotopic (exact) mass is 358 g/mol. The first-order valence-electron chi connectivity index (χ1n) is 7.74. The molecule has 0 saturated carbocycles. The number of carbonyl (C=O) groups excluding carboxylic acids is 1. The fraction of sp³-hybridized carbons (Fsp3) is 0.188. The molecule has 0 unspecified atom stereocenters. The highest BCUT2D eigenvalue weighted by molar-refractivity contribution is 5.79. The van der Waals surface area contributed by atoms with Crippen LogP contribution in [-0.4, -0.2) is 28.4 Å². The number of para-hydroxylation sites is 2. The molecular weight excluding hydrogens is 342 g/mol. The predicted molar refractivity (Wildman–Crippen MR) is 91.5 cm³/mol. The first-order chi connectivity index (χ1) is 12.5. The fourth-order valence-corrected chi connectivity index (χ4v) is 2.48. The molecule has 0 saturated heterocycles. The van der Waals surface area contributed by atoms with E-state index in [4.69, 9.17) is 14.9 Å². The summed E-state index contributed by atoms with van der Waals surface area (Å²) in [5, 5.41) is 14.9. The average Bonchev–Trinajstić information content (AvgIpc) is 3.18. The number of fused-ring (bicyclic) bond motifs is 1. The second-order valence-corrected chi connectivity index (χ2v) is 5.23. The van der Waals surface area contributed by atoms with E-state index >= 15 is 0 Å². The predicted octanol–water partition coefficient (Wildman–Crippen LogP) is 1.46. The first-order valence-corrected chi connectivity index (χ1v) is 7.74. The van der Waals surface area contributed by atoms with Crippen LogP contribution in [0.5, 0.6) is 0 Å². The summed E-state index contributed by atoms with van der Waals surface area (Å²) >= 11 is 0. The Bertz CT molecular complexity index is 1000. The van der Waals surface area contributed by atoms with Gasteiger partial charge in [0.15, 0.2) is 17.8 Å². The molecule has 3 aromatic rings. The Morgan fingerprint density at radius 2 is 2.19 bits per heavy atom. The van der Waals surface area contributed by atoms with Gasteiger partial charge in [-0.3, -0.25) is 15.8 Å². The van der Waals surface area contributed by atoms with Gasteiger partial charge < -0.3 is 9.15 Å². The van der Waals surface area contributed by atoms with Gasteiger partial charge in [0.1, 0.15) is 16.7 Å². The van der Waals surface area contributed by atoms with Crippen LogP contribution in [-0.2, 0) is 16.1 Å². The number of nitrogen functional groups attached to an aromatic ring is 1. The van der Waals surface area contributed by atoms with Gasteiger partial charge in [0.2, 0.25) is 0 Å². The third kappa shape index (κ3) is 3.24. The summed E-state index contributed by atoms with van der Waals surface area (Å²) in [4.78, 5) is 21.9. The number of hydrogen-bond donors (Lipinski definition) is 1. The standard InChI is InChI=1S/C16H15N5O5/c1-2-25-15(22)10-19-12-5-3-4-6-13(12)20(16(19)17)18-9-11-7-8-14(26-11)21(23)24/h3-9,17H,2,10H2,1H3/p+1/b18-9-. The molecule has 26 heavy (non-hydrogen) atoms. The SMILES string of the molecule is CCOC(=O)C[n+]1c(N)n(/N=C\c2ccc([N+](=O)[O-])o2)c2ccccc21. The van der Waals surface area contributed by atoms with E-state index in [1.54, 1.807) is 29.7 Å². The van der Waals surface area contributed by atoms with Gasteiger partial charge in [-0.1, -0.05) is 12.1 Å². The molecule has 0 fully saturated rings. The largest absolute Gasteiger partial charge is 0.464 e. The van der Waals surface area contributed by atoms with E-state index in [-0.39, 0.29) is 30.7 Å². The summed E-state index contributed by atoms with van der Waals surface area (Å²) in [7, 11) is 0. The molecule has 2 heterocycles. The number of ether oxygens (including phenoxy) is 1. The normalized spacial score (nSPS) is 11.3. The molecule has 10 nitrogen and oxygen atoms in total. The molecule has 0 aliphatic heterocycles. The molecule has 134 valence electrons. The minimum absolute atomic E-state index is 0.0606. The van der Waals surface area contributed by atoms with Gasteiger partial charge in [-0.2, -0.15) is 0 Å². The van der Waals surface area contributed by atoms with Crippen molar-refractivity contribution in [3.63, 3.8) is 0 Å². The second-order valence-electron chi connectivity index (χ2n) is 5.23. The van der Waals surface area contributed by atoms with E-state index in [0.29, 0.717) is 11.0 Å². The molecule has 0 atom stereocenters. The zero-order valence-electron chi connectivity index (χ0n) is 13.9. The summed E-state index contributed by atoms with van der Waals surface area (Å²) in [5.41, 5.74) is 7.50. The van der Waals surface area contributed by atoms with Crippen LogP contribution in [0, 0.1) is 10.1 Å². The Morgan fingerprint density at radius 1 is 1.42 bits per heavy atom. The smallest absolute Gasteiger partial charge is 0.433 e. The molecule has 0 aliphatic carbocycles. The Kier molecular flexibility index (Phi) is 4.65. The number of nitro groups is 1. The van der Waals surface area contributed by atoms with Crippen LogP contribution in [0.15, 0.2) is 45.9 Å². The first kappa shape index (κ1) is 17.1. The molecule has 0 bridgehead atoms. The number of furan rings is 1. The van der Waals surface area contributed by atoms with Crippen LogP contribution in [0.2, 0.25) is 0 Å². The maximum atomic E-state index is 11.8. The van der Waals surface area contributed by atoms with Crippen molar-refractivity contribution in [1.29, 1.82) is 0 Å². The lowest BCUT2D eigenvalue weighted by Crippen LogP contribution is -2.40. The third-order valence-corrected chi connectivity index (χ3v) is 3.58. The second kappa shape index (κ2) is 7.05. The van der Waals surface area contributed by atoms with E-state index in [0.717, 1.165) is 0 Å². The molecule has 0 radical (unpaired) electrons. The van der Waals surface area contributed by atoms with Gasteiger partial charge in [0.25, 0.3) is 0 Å². The van der Waals surface area contributed by atoms with Gasteiger partial charge in [0, 0.05) is 0 Å². The van der Waals surface area contributed by atoms with Crippen molar-refractivity contribution in [1.82, 2.24) is 4.68 Å². The summed E-state index contributed by atoms with van der Waals surface area (Å²) in [6.45, 7) is 1.93. The van der Waals surface area contributed by atoms with Crippen molar-refractivity contribution >= 4 is 35.0 Å². The molecule has 0 aliphatic rings. The highest BCUT2D eigenvalue weighted by Crippen LogP contribution is 2.17. The summed E-state index contributed by atoms with van der Waals surface area (Å²) in [6, 6.07) is 9.87. The lowest BCUT2D eigenvalue weighted by atomic mass is 10.3. The number of nitrogens with two attached hydrogens (primary N) is 1.